The number of carbonyl (C=O) groups excluding carboxylic acids is 1. The zero-order chi connectivity index (χ0) is 19.4. The molecule has 0 aliphatic rings. The number of nitrogens with one attached hydrogen (secondary N) is 1. The summed E-state index contributed by atoms with van der Waals surface area (Å²) in [4.78, 5) is 24.7. The van der Waals surface area contributed by atoms with Gasteiger partial charge in [0.15, 0.2) is 11.2 Å². The molecule has 0 fully saturated rings. The topological polar surface area (TPSA) is 68.5 Å². The fourth-order valence-corrected chi connectivity index (χ4v) is 2.77. The molecule has 1 aromatic heterocycles. The van der Waals surface area contributed by atoms with E-state index < -0.39 is 5.91 Å². The van der Waals surface area contributed by atoms with E-state index in [4.69, 9.17) is 20.8 Å². The van der Waals surface area contributed by atoms with Gasteiger partial charge in [-0.2, -0.15) is 0 Å². The van der Waals surface area contributed by atoms with Crippen molar-refractivity contribution < 1.29 is 13.9 Å². The van der Waals surface area contributed by atoms with E-state index >= 15 is 0 Å². The molecule has 1 heterocycles. The summed E-state index contributed by atoms with van der Waals surface area (Å²) in [6.45, 7) is 4.10. The van der Waals surface area contributed by atoms with Crippen LogP contribution in [0.5, 0.6) is 5.75 Å². The van der Waals surface area contributed by atoms with Crippen LogP contribution in [0.25, 0.3) is 11.0 Å². The smallest absolute Gasteiger partial charge is 0.287 e. The Morgan fingerprint density at radius 3 is 2.63 bits per heavy atom. The summed E-state index contributed by atoms with van der Waals surface area (Å²) in [5, 5.41) is 3.82. The molecule has 0 saturated carbocycles. The highest BCUT2D eigenvalue weighted by molar-refractivity contribution is 6.30. The number of ether oxygens (including phenoxy) is 1. The van der Waals surface area contributed by atoms with Crippen LogP contribution in [0, 0.1) is 0 Å². The Morgan fingerprint density at radius 2 is 1.93 bits per heavy atom. The van der Waals surface area contributed by atoms with E-state index in [0.717, 1.165) is 12.0 Å². The molecule has 5 nitrogen and oxygen atoms in total. The summed E-state index contributed by atoms with van der Waals surface area (Å²) in [7, 11) is 0. The number of hydrogen-bond donors (Lipinski definition) is 1. The third-order valence-electron chi connectivity index (χ3n) is 4.12. The zero-order valence-corrected chi connectivity index (χ0v) is 15.9. The van der Waals surface area contributed by atoms with Crippen LogP contribution in [0.15, 0.2) is 57.7 Å². The molecule has 1 amide bonds. The average Bonchev–Trinajstić information content (AvgIpc) is 2.67. The van der Waals surface area contributed by atoms with Crippen molar-refractivity contribution in [2.45, 2.75) is 26.4 Å². The van der Waals surface area contributed by atoms with Crippen molar-refractivity contribution in [1.29, 1.82) is 0 Å². The van der Waals surface area contributed by atoms with E-state index in [-0.39, 0.29) is 23.8 Å². The number of benzene rings is 2. The lowest BCUT2D eigenvalue weighted by Crippen LogP contribution is -2.33. The quantitative estimate of drug-likeness (QED) is 0.690. The first-order valence-corrected chi connectivity index (χ1v) is 9.11. The fraction of sp³-hybridized carbons (Fsp3) is 0.238. The number of rotatable bonds is 6. The molecule has 0 bridgehead atoms. The summed E-state index contributed by atoms with van der Waals surface area (Å²) in [6.07, 6.45) is 0.553. The number of hydrogen-bond acceptors (Lipinski definition) is 4. The molecule has 0 aliphatic heterocycles. The van der Waals surface area contributed by atoms with E-state index in [1.54, 1.807) is 36.4 Å². The van der Waals surface area contributed by atoms with Crippen molar-refractivity contribution in [3.8, 4) is 5.75 Å². The summed E-state index contributed by atoms with van der Waals surface area (Å²) in [6, 6.07) is 13.6. The zero-order valence-electron chi connectivity index (χ0n) is 15.1. The maximum Gasteiger partial charge on any atom is 0.287 e. The first-order chi connectivity index (χ1) is 13.0. The van der Waals surface area contributed by atoms with E-state index in [1.165, 1.54) is 6.07 Å². The van der Waals surface area contributed by atoms with Crippen LogP contribution in [0.4, 0.5) is 0 Å². The summed E-state index contributed by atoms with van der Waals surface area (Å²) >= 11 is 5.84. The number of carbonyl (C=O) groups is 1. The van der Waals surface area contributed by atoms with Crippen LogP contribution >= 0.6 is 11.6 Å². The average molecular weight is 386 g/mol. The molecule has 6 heteroatoms. The molecule has 140 valence electrons. The van der Waals surface area contributed by atoms with Gasteiger partial charge in [0.1, 0.15) is 17.4 Å². The maximum atomic E-state index is 12.3. The van der Waals surface area contributed by atoms with Gasteiger partial charge in [-0.15, -0.1) is 0 Å². The Labute approximate surface area is 161 Å². The predicted octanol–water partition coefficient (Wildman–Crippen LogP) is 4.21. The monoisotopic (exact) mass is 385 g/mol. The first kappa shape index (κ1) is 19.0. The molecule has 0 saturated heterocycles. The Morgan fingerprint density at radius 1 is 1.19 bits per heavy atom. The Hall–Kier alpha value is -2.79. The minimum atomic E-state index is -0.458. The second-order valence-corrected chi connectivity index (χ2v) is 6.69. The van der Waals surface area contributed by atoms with Crippen LogP contribution in [0.2, 0.25) is 5.02 Å². The highest BCUT2D eigenvalue weighted by atomic mass is 35.5. The third kappa shape index (κ3) is 4.68. The van der Waals surface area contributed by atoms with Crippen molar-refractivity contribution in [3.05, 3.63) is 75.1 Å². The lowest BCUT2D eigenvalue weighted by molar-refractivity contribution is 0.0905. The lowest BCUT2D eigenvalue weighted by atomic mass is 10.1. The van der Waals surface area contributed by atoms with Crippen molar-refractivity contribution in [2.24, 2.45) is 0 Å². The van der Waals surface area contributed by atoms with E-state index in [1.807, 2.05) is 19.9 Å². The SMILES string of the molecule is CCc1ccc2oc(C(=O)NCC(C)Oc3ccc(Cl)cc3)cc(=O)c2c1. The van der Waals surface area contributed by atoms with Gasteiger partial charge in [0.05, 0.1) is 11.9 Å². The van der Waals surface area contributed by atoms with Crippen LogP contribution in [0.1, 0.15) is 30.0 Å². The Bertz CT molecular complexity index is 1010. The minimum Gasteiger partial charge on any atom is -0.489 e. The van der Waals surface area contributed by atoms with Gasteiger partial charge in [0.2, 0.25) is 0 Å². The molecule has 2 aromatic carbocycles. The van der Waals surface area contributed by atoms with Gasteiger partial charge in [-0.1, -0.05) is 24.6 Å². The minimum absolute atomic E-state index is 0.0181. The molecule has 0 aliphatic carbocycles. The third-order valence-corrected chi connectivity index (χ3v) is 4.38. The van der Waals surface area contributed by atoms with E-state index in [0.29, 0.717) is 21.7 Å². The highest BCUT2D eigenvalue weighted by Crippen LogP contribution is 2.17. The number of amides is 1. The molecule has 0 spiro atoms. The molecule has 3 aromatic rings. The molecule has 1 atom stereocenters. The van der Waals surface area contributed by atoms with E-state index in [9.17, 15) is 9.59 Å². The number of aryl methyl sites for hydroxylation is 1. The van der Waals surface area contributed by atoms with Crippen molar-refractivity contribution in [2.75, 3.05) is 6.54 Å². The van der Waals surface area contributed by atoms with Crippen molar-refractivity contribution in [1.82, 2.24) is 5.32 Å². The molecule has 0 radical (unpaired) electrons. The van der Waals surface area contributed by atoms with Gasteiger partial charge >= 0.3 is 0 Å². The molecule has 27 heavy (non-hydrogen) atoms. The van der Waals surface area contributed by atoms with Crippen LogP contribution in [0.3, 0.4) is 0 Å². The maximum absolute atomic E-state index is 12.3. The van der Waals surface area contributed by atoms with E-state index in [2.05, 4.69) is 5.32 Å². The van der Waals surface area contributed by atoms with Gasteiger partial charge in [-0.05, 0) is 55.3 Å². The number of halogens is 1. The summed E-state index contributed by atoms with van der Waals surface area (Å²) in [5.74, 6) is 0.181. The summed E-state index contributed by atoms with van der Waals surface area (Å²) < 4.78 is 11.3. The standard InChI is InChI=1S/C21H20ClNO4/c1-3-14-4-9-19-17(10-14)18(24)11-20(27-19)21(25)23-12-13(2)26-16-7-5-15(22)6-8-16/h4-11,13H,3,12H2,1-2H3,(H,23,25). The summed E-state index contributed by atoms with van der Waals surface area (Å²) in [5.41, 5.74) is 1.21. The van der Waals surface area contributed by atoms with Gasteiger partial charge in [-0.3, -0.25) is 9.59 Å². The van der Waals surface area contributed by atoms with Gasteiger partial charge in [0.25, 0.3) is 5.91 Å². The van der Waals surface area contributed by atoms with Gasteiger partial charge < -0.3 is 14.5 Å². The molecule has 3 rings (SSSR count). The van der Waals surface area contributed by atoms with Crippen LogP contribution < -0.4 is 15.5 Å². The normalized spacial score (nSPS) is 12.0. The van der Waals surface area contributed by atoms with Crippen LogP contribution in [-0.4, -0.2) is 18.6 Å². The molecule has 1 N–H and O–H groups in total. The van der Waals surface area contributed by atoms with Crippen molar-refractivity contribution >= 4 is 28.5 Å². The first-order valence-electron chi connectivity index (χ1n) is 8.73. The second kappa shape index (κ2) is 8.27. The Kier molecular flexibility index (Phi) is 5.81. The molecular weight excluding hydrogens is 366 g/mol. The highest BCUT2D eigenvalue weighted by Gasteiger charge is 2.14. The van der Waals surface area contributed by atoms with Crippen molar-refractivity contribution in [3.63, 3.8) is 0 Å². The predicted molar refractivity (Wildman–Crippen MR) is 106 cm³/mol. The molecular formula is C21H20ClNO4. The fourth-order valence-electron chi connectivity index (χ4n) is 2.65. The largest absolute Gasteiger partial charge is 0.489 e. The second-order valence-electron chi connectivity index (χ2n) is 6.25. The molecule has 1 unspecified atom stereocenters. The van der Waals surface area contributed by atoms with Crippen LogP contribution in [-0.2, 0) is 6.42 Å². The Balaban J connectivity index is 1.67. The van der Waals surface area contributed by atoms with Gasteiger partial charge in [0, 0.05) is 11.1 Å². The number of fused-ring (bicyclic) bond motifs is 1. The lowest BCUT2D eigenvalue weighted by Gasteiger charge is -2.15. The van der Waals surface area contributed by atoms with Gasteiger partial charge in [-0.25, -0.2) is 0 Å².